The molecule has 0 aromatic heterocycles. The van der Waals surface area contributed by atoms with E-state index in [1.165, 1.54) is 11.1 Å². The molecular formula is C16H24N2O2. The average molecular weight is 276 g/mol. The van der Waals surface area contributed by atoms with Gasteiger partial charge < -0.3 is 15.0 Å². The fraction of sp³-hybridized carbons (Fsp3) is 0.562. The van der Waals surface area contributed by atoms with Gasteiger partial charge in [-0.2, -0.15) is 0 Å². The van der Waals surface area contributed by atoms with Crippen LogP contribution in [0.2, 0.25) is 0 Å². The van der Waals surface area contributed by atoms with Gasteiger partial charge in [-0.25, -0.2) is 4.79 Å². The molecule has 0 aliphatic carbocycles. The van der Waals surface area contributed by atoms with Crippen molar-refractivity contribution < 1.29 is 9.53 Å². The zero-order chi connectivity index (χ0) is 14.8. The smallest absolute Gasteiger partial charge is 0.317 e. The molecule has 1 aromatic rings. The maximum absolute atomic E-state index is 12.2. The standard InChI is InChI=1S/C16H24N2O2/c1-16(2,3)11-17-15(19)18-8-7-12-9-14(20-4)6-5-13(12)10-18/h5-6,9H,7-8,10-11H2,1-4H3,(H,17,19). The summed E-state index contributed by atoms with van der Waals surface area (Å²) in [5, 5.41) is 3.01. The predicted molar refractivity (Wildman–Crippen MR) is 80.0 cm³/mol. The molecule has 1 aliphatic heterocycles. The highest BCUT2D eigenvalue weighted by atomic mass is 16.5. The molecule has 1 N–H and O–H groups in total. The van der Waals surface area contributed by atoms with Gasteiger partial charge in [-0.1, -0.05) is 26.8 Å². The summed E-state index contributed by atoms with van der Waals surface area (Å²) >= 11 is 0. The number of benzene rings is 1. The third kappa shape index (κ3) is 3.65. The molecule has 0 saturated carbocycles. The highest BCUT2D eigenvalue weighted by Gasteiger charge is 2.22. The van der Waals surface area contributed by atoms with E-state index in [0.717, 1.165) is 18.7 Å². The summed E-state index contributed by atoms with van der Waals surface area (Å²) in [6.45, 7) is 8.48. The van der Waals surface area contributed by atoms with Crippen LogP contribution in [0.4, 0.5) is 4.79 Å². The molecule has 0 fully saturated rings. The summed E-state index contributed by atoms with van der Waals surface area (Å²) in [6.07, 6.45) is 0.884. The molecule has 1 heterocycles. The van der Waals surface area contributed by atoms with E-state index >= 15 is 0 Å². The molecule has 110 valence electrons. The van der Waals surface area contributed by atoms with Crippen LogP contribution in [0, 0.1) is 5.41 Å². The fourth-order valence-electron chi connectivity index (χ4n) is 2.28. The van der Waals surface area contributed by atoms with Crippen molar-refractivity contribution in [3.8, 4) is 5.75 Å². The lowest BCUT2D eigenvalue weighted by Gasteiger charge is -2.30. The Bertz CT molecular complexity index is 492. The Morgan fingerprint density at radius 2 is 2.10 bits per heavy atom. The van der Waals surface area contributed by atoms with Crippen molar-refractivity contribution >= 4 is 6.03 Å². The van der Waals surface area contributed by atoms with Gasteiger partial charge in [0.1, 0.15) is 5.75 Å². The van der Waals surface area contributed by atoms with E-state index in [2.05, 4.69) is 38.2 Å². The first-order valence-corrected chi connectivity index (χ1v) is 7.07. The van der Waals surface area contributed by atoms with Gasteiger partial charge in [0.15, 0.2) is 0 Å². The third-order valence-corrected chi connectivity index (χ3v) is 3.48. The largest absolute Gasteiger partial charge is 0.497 e. The van der Waals surface area contributed by atoms with Crippen LogP contribution < -0.4 is 10.1 Å². The van der Waals surface area contributed by atoms with Gasteiger partial charge in [-0.05, 0) is 35.1 Å². The number of amides is 2. The quantitative estimate of drug-likeness (QED) is 0.902. The molecule has 2 amide bonds. The Kier molecular flexibility index (Phi) is 4.21. The Morgan fingerprint density at radius 1 is 1.35 bits per heavy atom. The first kappa shape index (κ1) is 14.7. The van der Waals surface area contributed by atoms with Gasteiger partial charge >= 0.3 is 6.03 Å². The number of urea groups is 1. The van der Waals surface area contributed by atoms with Gasteiger partial charge in [0, 0.05) is 19.6 Å². The second kappa shape index (κ2) is 5.73. The highest BCUT2D eigenvalue weighted by molar-refractivity contribution is 5.74. The summed E-state index contributed by atoms with van der Waals surface area (Å²) in [5.74, 6) is 0.884. The molecule has 0 bridgehead atoms. The fourth-order valence-corrected chi connectivity index (χ4v) is 2.28. The van der Waals surface area contributed by atoms with Crippen LogP contribution in [0.1, 0.15) is 31.9 Å². The minimum atomic E-state index is 0.0291. The molecule has 0 saturated heterocycles. The number of carbonyl (C=O) groups excluding carboxylic acids is 1. The number of rotatable bonds is 2. The van der Waals surface area contributed by atoms with E-state index in [0.29, 0.717) is 13.1 Å². The number of carbonyl (C=O) groups is 1. The molecule has 0 atom stereocenters. The lowest BCUT2D eigenvalue weighted by molar-refractivity contribution is 0.187. The number of nitrogens with one attached hydrogen (secondary N) is 1. The van der Waals surface area contributed by atoms with Crippen molar-refractivity contribution in [2.75, 3.05) is 20.2 Å². The number of ether oxygens (including phenoxy) is 1. The van der Waals surface area contributed by atoms with Gasteiger partial charge in [0.05, 0.1) is 7.11 Å². The molecule has 0 unspecified atom stereocenters. The summed E-state index contributed by atoms with van der Waals surface area (Å²) in [4.78, 5) is 14.0. The maximum atomic E-state index is 12.2. The van der Waals surface area contributed by atoms with Gasteiger partial charge in [0.2, 0.25) is 0 Å². The number of fused-ring (bicyclic) bond motifs is 1. The second-order valence-corrected chi connectivity index (χ2v) is 6.53. The molecule has 4 heteroatoms. The minimum Gasteiger partial charge on any atom is -0.497 e. The van der Waals surface area contributed by atoms with Crippen LogP contribution in [-0.2, 0) is 13.0 Å². The van der Waals surface area contributed by atoms with Crippen LogP contribution in [-0.4, -0.2) is 31.1 Å². The van der Waals surface area contributed by atoms with Crippen LogP contribution >= 0.6 is 0 Å². The first-order chi connectivity index (χ1) is 9.39. The number of nitrogens with zero attached hydrogens (tertiary/aromatic N) is 1. The van der Waals surface area contributed by atoms with Crippen molar-refractivity contribution in [1.29, 1.82) is 0 Å². The molecule has 1 aromatic carbocycles. The summed E-state index contributed by atoms with van der Waals surface area (Å²) < 4.78 is 5.24. The molecule has 4 nitrogen and oxygen atoms in total. The van der Waals surface area contributed by atoms with Crippen LogP contribution in [0.3, 0.4) is 0 Å². The van der Waals surface area contributed by atoms with E-state index in [1.54, 1.807) is 7.11 Å². The topological polar surface area (TPSA) is 41.6 Å². The summed E-state index contributed by atoms with van der Waals surface area (Å²) in [5.41, 5.74) is 2.60. The van der Waals surface area contributed by atoms with Crippen molar-refractivity contribution in [1.82, 2.24) is 10.2 Å². The van der Waals surface area contributed by atoms with Crippen molar-refractivity contribution in [2.24, 2.45) is 5.41 Å². The monoisotopic (exact) mass is 276 g/mol. The lowest BCUT2D eigenvalue weighted by atomic mass is 9.97. The van der Waals surface area contributed by atoms with Crippen LogP contribution in [0.15, 0.2) is 18.2 Å². The number of hydrogen-bond acceptors (Lipinski definition) is 2. The van der Waals surface area contributed by atoms with Crippen molar-refractivity contribution in [2.45, 2.75) is 33.7 Å². The van der Waals surface area contributed by atoms with Crippen molar-refractivity contribution in [3.63, 3.8) is 0 Å². The third-order valence-electron chi connectivity index (χ3n) is 3.48. The zero-order valence-corrected chi connectivity index (χ0v) is 12.8. The lowest BCUT2D eigenvalue weighted by Crippen LogP contribution is -2.45. The SMILES string of the molecule is COc1ccc2c(c1)CCN(C(=O)NCC(C)(C)C)C2. The minimum absolute atomic E-state index is 0.0291. The molecule has 1 aliphatic rings. The second-order valence-electron chi connectivity index (χ2n) is 6.53. The summed E-state index contributed by atoms with van der Waals surface area (Å²) in [6, 6.07) is 6.10. The zero-order valence-electron chi connectivity index (χ0n) is 12.8. The summed E-state index contributed by atoms with van der Waals surface area (Å²) in [7, 11) is 1.68. The number of hydrogen-bond donors (Lipinski definition) is 1. The normalized spacial score (nSPS) is 14.7. The maximum Gasteiger partial charge on any atom is 0.317 e. The van der Waals surface area contributed by atoms with E-state index in [9.17, 15) is 4.79 Å². The Hall–Kier alpha value is -1.71. The van der Waals surface area contributed by atoms with E-state index in [-0.39, 0.29) is 11.4 Å². The average Bonchev–Trinajstić information content (AvgIpc) is 2.42. The van der Waals surface area contributed by atoms with Gasteiger partial charge in [-0.15, -0.1) is 0 Å². The van der Waals surface area contributed by atoms with Gasteiger partial charge in [0.25, 0.3) is 0 Å². The molecular weight excluding hydrogens is 252 g/mol. The molecule has 0 radical (unpaired) electrons. The highest BCUT2D eigenvalue weighted by Crippen LogP contribution is 2.23. The molecule has 2 rings (SSSR count). The Labute approximate surface area is 121 Å². The molecule has 0 spiro atoms. The van der Waals surface area contributed by atoms with E-state index < -0.39 is 0 Å². The van der Waals surface area contributed by atoms with Crippen molar-refractivity contribution in [3.05, 3.63) is 29.3 Å². The van der Waals surface area contributed by atoms with Crippen LogP contribution in [0.25, 0.3) is 0 Å². The molecule has 20 heavy (non-hydrogen) atoms. The number of methoxy groups -OCH3 is 1. The van der Waals surface area contributed by atoms with Crippen LogP contribution in [0.5, 0.6) is 5.75 Å². The van der Waals surface area contributed by atoms with Gasteiger partial charge in [-0.3, -0.25) is 0 Å². The Morgan fingerprint density at radius 3 is 2.75 bits per heavy atom. The predicted octanol–water partition coefficient (Wildman–Crippen LogP) is 2.81. The Balaban J connectivity index is 1.98. The van der Waals surface area contributed by atoms with E-state index in [4.69, 9.17) is 4.74 Å². The first-order valence-electron chi connectivity index (χ1n) is 7.07. The van der Waals surface area contributed by atoms with E-state index in [1.807, 2.05) is 11.0 Å².